The number of rotatable bonds is 2. The zero-order valence-electron chi connectivity index (χ0n) is 14.3. The van der Waals surface area contributed by atoms with Crippen molar-refractivity contribution in [1.29, 1.82) is 0 Å². The summed E-state index contributed by atoms with van der Waals surface area (Å²) in [6.45, 7) is 1.77. The van der Waals surface area contributed by atoms with Crippen LogP contribution >= 0.6 is 11.6 Å². The highest BCUT2D eigenvalue weighted by Gasteiger charge is 2.39. The third-order valence-electron chi connectivity index (χ3n) is 5.30. The number of carboxylic acid groups (broad SMARTS) is 1. The molecule has 1 saturated carbocycles. The van der Waals surface area contributed by atoms with Gasteiger partial charge in [-0.2, -0.15) is 0 Å². The maximum absolute atomic E-state index is 11.0. The van der Waals surface area contributed by atoms with E-state index >= 15 is 0 Å². The van der Waals surface area contributed by atoms with Crippen LogP contribution in [-0.2, 0) is 4.79 Å². The molecule has 0 bridgehead atoms. The first-order valence-corrected chi connectivity index (χ1v) is 9.22. The average molecular weight is 370 g/mol. The fourth-order valence-corrected chi connectivity index (χ4v) is 3.82. The highest BCUT2D eigenvalue weighted by atomic mass is 35.5. The van der Waals surface area contributed by atoms with Crippen LogP contribution in [0, 0.1) is 17.8 Å². The van der Waals surface area contributed by atoms with Crippen LogP contribution in [0.15, 0.2) is 40.5 Å². The minimum Gasteiger partial charge on any atom is -0.481 e. The van der Waals surface area contributed by atoms with E-state index in [0.29, 0.717) is 11.1 Å². The number of carbonyl (C=O) groups is 1. The molecule has 134 valence electrons. The second-order valence-corrected chi connectivity index (χ2v) is 7.37. The SMILES string of the molecule is O=C(O)C1CC(N2CCC3=C(C=NC(C#Cc4ccccc4Cl)N3)C2)C1. The molecule has 0 spiro atoms. The fraction of sp³-hybridized carbons (Fsp3) is 0.400. The summed E-state index contributed by atoms with van der Waals surface area (Å²) in [6, 6.07) is 7.91. The van der Waals surface area contributed by atoms with Gasteiger partial charge in [0.05, 0.1) is 10.9 Å². The first-order chi connectivity index (χ1) is 12.6. The molecule has 5 nitrogen and oxygen atoms in total. The molecular weight excluding hydrogens is 350 g/mol. The van der Waals surface area contributed by atoms with Gasteiger partial charge in [-0.15, -0.1) is 0 Å². The minimum absolute atomic E-state index is 0.169. The normalized spacial score (nSPS) is 27.7. The molecule has 2 aliphatic heterocycles. The van der Waals surface area contributed by atoms with Crippen LogP contribution in [-0.4, -0.2) is 47.5 Å². The van der Waals surface area contributed by atoms with Gasteiger partial charge in [-0.25, -0.2) is 0 Å². The Morgan fingerprint density at radius 3 is 2.92 bits per heavy atom. The molecular formula is C20H20ClN3O2. The van der Waals surface area contributed by atoms with Gasteiger partial charge < -0.3 is 10.4 Å². The highest BCUT2D eigenvalue weighted by Crippen LogP contribution is 2.34. The van der Waals surface area contributed by atoms with Gasteiger partial charge in [0.25, 0.3) is 0 Å². The van der Waals surface area contributed by atoms with E-state index in [1.165, 1.54) is 11.3 Å². The van der Waals surface area contributed by atoms with E-state index in [9.17, 15) is 4.79 Å². The molecule has 0 radical (unpaired) electrons. The Labute approximate surface area is 157 Å². The van der Waals surface area contributed by atoms with Gasteiger partial charge in [0, 0.05) is 48.6 Å². The lowest BCUT2D eigenvalue weighted by Crippen LogP contribution is -2.51. The van der Waals surface area contributed by atoms with Crippen LogP contribution in [0.2, 0.25) is 5.02 Å². The summed E-state index contributed by atoms with van der Waals surface area (Å²) in [4.78, 5) is 17.9. The smallest absolute Gasteiger partial charge is 0.306 e. The van der Waals surface area contributed by atoms with Crippen molar-refractivity contribution in [1.82, 2.24) is 10.2 Å². The van der Waals surface area contributed by atoms with Gasteiger partial charge >= 0.3 is 5.97 Å². The Morgan fingerprint density at radius 1 is 1.35 bits per heavy atom. The molecule has 3 aliphatic rings. The maximum atomic E-state index is 11.0. The number of halogens is 1. The molecule has 1 aromatic carbocycles. The van der Waals surface area contributed by atoms with Crippen molar-refractivity contribution in [3.8, 4) is 11.8 Å². The summed E-state index contributed by atoms with van der Waals surface area (Å²) < 4.78 is 0. The second kappa shape index (κ2) is 7.14. The molecule has 26 heavy (non-hydrogen) atoms. The lowest BCUT2D eigenvalue weighted by atomic mass is 9.78. The van der Waals surface area contributed by atoms with Crippen LogP contribution in [0.1, 0.15) is 24.8 Å². The lowest BCUT2D eigenvalue weighted by Gasteiger charge is -2.44. The molecule has 1 fully saturated rings. The van der Waals surface area contributed by atoms with Gasteiger partial charge in [0.15, 0.2) is 6.17 Å². The fourth-order valence-electron chi connectivity index (χ4n) is 3.64. The van der Waals surface area contributed by atoms with E-state index in [2.05, 4.69) is 27.0 Å². The van der Waals surface area contributed by atoms with E-state index in [4.69, 9.17) is 16.7 Å². The van der Waals surface area contributed by atoms with Gasteiger partial charge in [0.2, 0.25) is 0 Å². The average Bonchev–Trinajstić information content (AvgIpc) is 2.59. The van der Waals surface area contributed by atoms with Crippen molar-refractivity contribution in [2.75, 3.05) is 13.1 Å². The van der Waals surface area contributed by atoms with E-state index in [1.807, 2.05) is 30.5 Å². The van der Waals surface area contributed by atoms with E-state index in [0.717, 1.165) is 37.9 Å². The predicted molar refractivity (Wildman–Crippen MR) is 101 cm³/mol. The van der Waals surface area contributed by atoms with Crippen LogP contribution in [0.4, 0.5) is 0 Å². The number of nitrogens with one attached hydrogen (secondary N) is 1. The molecule has 0 saturated heterocycles. The van der Waals surface area contributed by atoms with Gasteiger partial charge in [0.1, 0.15) is 0 Å². The molecule has 6 heteroatoms. The largest absolute Gasteiger partial charge is 0.481 e. The molecule has 4 rings (SSSR count). The minimum atomic E-state index is -0.668. The Kier molecular flexibility index (Phi) is 4.71. The first-order valence-electron chi connectivity index (χ1n) is 8.85. The number of nitrogens with zero attached hydrogens (tertiary/aromatic N) is 2. The van der Waals surface area contributed by atoms with Crippen LogP contribution < -0.4 is 5.32 Å². The Hall–Kier alpha value is -2.29. The van der Waals surface area contributed by atoms with Crippen LogP contribution in [0.5, 0.6) is 0 Å². The van der Waals surface area contributed by atoms with Crippen molar-refractivity contribution in [3.05, 3.63) is 46.1 Å². The Bertz CT molecular complexity index is 846. The molecule has 1 aliphatic carbocycles. The third-order valence-corrected chi connectivity index (χ3v) is 5.63. The molecule has 1 unspecified atom stereocenters. The number of aliphatic imine (C=N–C) groups is 1. The van der Waals surface area contributed by atoms with E-state index < -0.39 is 5.97 Å². The molecule has 2 heterocycles. The maximum Gasteiger partial charge on any atom is 0.306 e. The third kappa shape index (κ3) is 3.48. The number of benzene rings is 1. The van der Waals surface area contributed by atoms with Gasteiger partial charge in [-0.3, -0.25) is 14.7 Å². The molecule has 1 aromatic rings. The topological polar surface area (TPSA) is 64.9 Å². The van der Waals surface area contributed by atoms with Crippen LogP contribution in [0.25, 0.3) is 0 Å². The first kappa shape index (κ1) is 17.1. The summed E-state index contributed by atoms with van der Waals surface area (Å²) >= 11 is 6.13. The number of hydrogen-bond donors (Lipinski definition) is 2. The lowest BCUT2D eigenvalue weighted by molar-refractivity contribution is -0.147. The number of hydrogen-bond acceptors (Lipinski definition) is 4. The number of carboxylic acids is 1. The monoisotopic (exact) mass is 369 g/mol. The molecule has 1 atom stereocenters. The van der Waals surface area contributed by atoms with Crippen molar-refractivity contribution < 1.29 is 9.90 Å². The Morgan fingerprint density at radius 2 is 2.15 bits per heavy atom. The summed E-state index contributed by atoms with van der Waals surface area (Å²) in [5.74, 6) is 5.39. The number of aliphatic carboxylic acids is 1. The van der Waals surface area contributed by atoms with E-state index in [1.54, 1.807) is 0 Å². The zero-order valence-corrected chi connectivity index (χ0v) is 15.0. The summed E-state index contributed by atoms with van der Waals surface area (Å²) in [6.07, 6.45) is 4.09. The molecule has 0 aromatic heterocycles. The molecule has 0 amide bonds. The predicted octanol–water partition coefficient (Wildman–Crippen LogP) is 2.51. The van der Waals surface area contributed by atoms with Crippen molar-refractivity contribution in [3.63, 3.8) is 0 Å². The van der Waals surface area contributed by atoms with Gasteiger partial charge in [-0.05, 0) is 30.9 Å². The molecule has 2 N–H and O–H groups in total. The summed E-state index contributed by atoms with van der Waals surface area (Å²) in [5, 5.41) is 13.1. The van der Waals surface area contributed by atoms with Crippen molar-refractivity contribution in [2.24, 2.45) is 10.9 Å². The zero-order chi connectivity index (χ0) is 18.1. The Balaban J connectivity index is 1.37. The van der Waals surface area contributed by atoms with E-state index in [-0.39, 0.29) is 12.1 Å². The highest BCUT2D eigenvalue weighted by molar-refractivity contribution is 6.31. The van der Waals surface area contributed by atoms with Gasteiger partial charge in [-0.1, -0.05) is 29.7 Å². The summed E-state index contributed by atoms with van der Waals surface area (Å²) in [5.41, 5.74) is 3.19. The standard InChI is InChI=1S/C20H20ClN3O2/c21-17-4-2-1-3-13(17)5-6-19-22-11-15-12-24(8-7-18(15)23-19)16-9-14(10-16)20(25)26/h1-4,11,14,16,19,23H,7-10,12H2,(H,25,26). The quantitative estimate of drug-likeness (QED) is 0.786. The van der Waals surface area contributed by atoms with Crippen LogP contribution in [0.3, 0.4) is 0 Å². The van der Waals surface area contributed by atoms with Crippen molar-refractivity contribution in [2.45, 2.75) is 31.5 Å². The second-order valence-electron chi connectivity index (χ2n) is 6.96. The summed E-state index contributed by atoms with van der Waals surface area (Å²) in [7, 11) is 0. The van der Waals surface area contributed by atoms with Crippen molar-refractivity contribution >= 4 is 23.8 Å².